The molecule has 0 aliphatic rings. The molecular formula is C17H15N3OS. The van der Waals surface area contributed by atoms with Gasteiger partial charge in [0.1, 0.15) is 0 Å². The number of fused-ring (bicyclic) bond motifs is 1. The van der Waals surface area contributed by atoms with Gasteiger partial charge in [-0.2, -0.15) is 0 Å². The van der Waals surface area contributed by atoms with E-state index in [1.165, 1.54) is 0 Å². The summed E-state index contributed by atoms with van der Waals surface area (Å²) in [5.74, 6) is 0.114. The number of azo groups is 1. The predicted octanol–water partition coefficient (Wildman–Crippen LogP) is 4.83. The Kier molecular flexibility index (Phi) is 3.98. The fourth-order valence-corrected chi connectivity index (χ4v) is 2.60. The van der Waals surface area contributed by atoms with Crippen LogP contribution in [0.3, 0.4) is 0 Å². The van der Waals surface area contributed by atoms with E-state index in [0.29, 0.717) is 17.2 Å². The minimum absolute atomic E-state index is 0.114. The van der Waals surface area contributed by atoms with E-state index in [4.69, 9.17) is 12.2 Å². The fourth-order valence-electron chi connectivity index (χ4n) is 2.42. The third-order valence-electron chi connectivity index (χ3n) is 3.50. The first-order valence-electron chi connectivity index (χ1n) is 7.03. The molecule has 2 aromatic carbocycles. The van der Waals surface area contributed by atoms with Crippen molar-refractivity contribution in [2.45, 2.75) is 13.5 Å². The van der Waals surface area contributed by atoms with Crippen molar-refractivity contribution in [3.63, 3.8) is 0 Å². The number of thiocarbonyl (C=S) groups is 1. The summed E-state index contributed by atoms with van der Waals surface area (Å²) in [6, 6.07) is 17.2. The van der Waals surface area contributed by atoms with E-state index in [-0.39, 0.29) is 5.88 Å². The lowest BCUT2D eigenvalue weighted by Crippen LogP contribution is -1.91. The summed E-state index contributed by atoms with van der Waals surface area (Å²) in [6.07, 6.45) is 0. The maximum absolute atomic E-state index is 10.4. The fraction of sp³-hybridized carbons (Fsp3) is 0.118. The SMILES string of the molecule is CCn1c(O)c(N=NC(=S)c2ccccc2)c2ccccc21. The molecule has 0 saturated heterocycles. The smallest absolute Gasteiger partial charge is 0.220 e. The molecule has 0 aliphatic carbocycles. The Labute approximate surface area is 133 Å². The van der Waals surface area contributed by atoms with Gasteiger partial charge in [0.05, 0.1) is 5.52 Å². The monoisotopic (exact) mass is 309 g/mol. The van der Waals surface area contributed by atoms with Crippen molar-refractivity contribution in [1.29, 1.82) is 0 Å². The highest BCUT2D eigenvalue weighted by Crippen LogP contribution is 2.38. The zero-order valence-corrected chi connectivity index (χ0v) is 12.9. The van der Waals surface area contributed by atoms with Gasteiger partial charge in [-0.3, -0.25) is 0 Å². The molecule has 1 aromatic heterocycles. The van der Waals surface area contributed by atoms with Crippen LogP contribution in [0, 0.1) is 0 Å². The first-order valence-corrected chi connectivity index (χ1v) is 7.44. The topological polar surface area (TPSA) is 49.9 Å². The van der Waals surface area contributed by atoms with Crippen LogP contribution in [0.1, 0.15) is 12.5 Å². The van der Waals surface area contributed by atoms with E-state index in [2.05, 4.69) is 10.2 Å². The van der Waals surface area contributed by atoms with Crippen LogP contribution >= 0.6 is 12.2 Å². The number of aromatic hydroxyl groups is 1. The van der Waals surface area contributed by atoms with Gasteiger partial charge < -0.3 is 9.67 Å². The average molecular weight is 309 g/mol. The van der Waals surface area contributed by atoms with Crippen LogP contribution in [0.4, 0.5) is 5.69 Å². The maximum atomic E-state index is 10.4. The van der Waals surface area contributed by atoms with E-state index in [0.717, 1.165) is 16.5 Å². The molecule has 0 amide bonds. The lowest BCUT2D eigenvalue weighted by molar-refractivity contribution is 0.427. The highest BCUT2D eigenvalue weighted by molar-refractivity contribution is 7.80. The summed E-state index contributed by atoms with van der Waals surface area (Å²) in [5.41, 5.74) is 2.22. The number of hydrogen-bond acceptors (Lipinski definition) is 3. The second-order valence-electron chi connectivity index (χ2n) is 4.80. The molecule has 5 heteroatoms. The summed E-state index contributed by atoms with van der Waals surface area (Å²) >= 11 is 5.27. The largest absolute Gasteiger partial charge is 0.493 e. The number of nitrogens with zero attached hydrogens (tertiary/aromatic N) is 3. The second-order valence-corrected chi connectivity index (χ2v) is 5.19. The van der Waals surface area contributed by atoms with Crippen molar-refractivity contribution in [3.05, 3.63) is 60.2 Å². The van der Waals surface area contributed by atoms with Gasteiger partial charge in [-0.15, -0.1) is 10.2 Å². The summed E-state index contributed by atoms with van der Waals surface area (Å²) in [4.78, 5) is 0.397. The third-order valence-corrected chi connectivity index (χ3v) is 3.81. The lowest BCUT2D eigenvalue weighted by atomic mass is 10.2. The van der Waals surface area contributed by atoms with E-state index >= 15 is 0 Å². The van der Waals surface area contributed by atoms with Crippen LogP contribution in [-0.4, -0.2) is 14.7 Å². The number of benzene rings is 2. The molecule has 0 spiro atoms. The Morgan fingerprint density at radius 3 is 2.50 bits per heavy atom. The summed E-state index contributed by atoms with van der Waals surface area (Å²) in [5, 5.41) is 19.5. The Morgan fingerprint density at radius 2 is 1.77 bits per heavy atom. The zero-order valence-electron chi connectivity index (χ0n) is 12.1. The molecule has 0 fully saturated rings. The number of para-hydroxylation sites is 1. The molecule has 3 rings (SSSR count). The van der Waals surface area contributed by atoms with Gasteiger partial charge in [0.2, 0.25) is 5.88 Å². The van der Waals surface area contributed by atoms with Crippen LogP contribution in [0.25, 0.3) is 10.9 Å². The first-order chi connectivity index (χ1) is 10.7. The summed E-state index contributed by atoms with van der Waals surface area (Å²) < 4.78 is 1.80. The highest BCUT2D eigenvalue weighted by atomic mass is 32.1. The van der Waals surface area contributed by atoms with Gasteiger partial charge in [-0.25, -0.2) is 0 Å². The van der Waals surface area contributed by atoms with Gasteiger partial charge in [-0.1, -0.05) is 60.7 Å². The quantitative estimate of drug-likeness (QED) is 0.556. The maximum Gasteiger partial charge on any atom is 0.220 e. The molecule has 22 heavy (non-hydrogen) atoms. The summed E-state index contributed by atoms with van der Waals surface area (Å²) in [7, 11) is 0. The average Bonchev–Trinajstić information content (AvgIpc) is 2.84. The number of rotatable bonds is 3. The van der Waals surface area contributed by atoms with Gasteiger partial charge in [0, 0.05) is 17.5 Å². The minimum atomic E-state index is 0.114. The predicted molar refractivity (Wildman–Crippen MR) is 91.9 cm³/mol. The lowest BCUT2D eigenvalue weighted by Gasteiger charge is -2.01. The summed E-state index contributed by atoms with van der Waals surface area (Å²) in [6.45, 7) is 2.63. The van der Waals surface area contributed by atoms with E-state index < -0.39 is 0 Å². The standard InChI is InChI=1S/C17H15N3OS/c1-2-20-14-11-7-6-10-13(14)15(17(20)21)18-19-16(22)12-8-4-3-5-9-12/h3-11,21H,2H2,1H3. The molecule has 110 valence electrons. The van der Waals surface area contributed by atoms with Gasteiger partial charge >= 0.3 is 0 Å². The molecule has 0 saturated carbocycles. The molecule has 0 radical (unpaired) electrons. The number of hydrogen-bond donors (Lipinski definition) is 1. The van der Waals surface area contributed by atoms with E-state index in [1.54, 1.807) is 4.57 Å². The van der Waals surface area contributed by atoms with Crippen molar-refractivity contribution in [3.8, 4) is 5.88 Å². The number of aromatic nitrogens is 1. The molecule has 0 bridgehead atoms. The molecular weight excluding hydrogens is 294 g/mol. The van der Waals surface area contributed by atoms with Gasteiger partial charge in [-0.05, 0) is 13.0 Å². The van der Waals surface area contributed by atoms with Crippen molar-refractivity contribution in [2.75, 3.05) is 0 Å². The van der Waals surface area contributed by atoms with E-state index in [9.17, 15) is 5.11 Å². The van der Waals surface area contributed by atoms with Gasteiger partial charge in [0.25, 0.3) is 0 Å². The van der Waals surface area contributed by atoms with E-state index in [1.807, 2.05) is 61.5 Å². The molecule has 4 nitrogen and oxygen atoms in total. The Bertz CT molecular complexity index is 853. The minimum Gasteiger partial charge on any atom is -0.493 e. The van der Waals surface area contributed by atoms with Crippen LogP contribution in [0.5, 0.6) is 5.88 Å². The molecule has 3 aromatic rings. The van der Waals surface area contributed by atoms with Crippen molar-refractivity contribution >= 4 is 33.8 Å². The van der Waals surface area contributed by atoms with Gasteiger partial charge in [0.15, 0.2) is 10.7 Å². The van der Waals surface area contributed by atoms with Crippen LogP contribution in [0.2, 0.25) is 0 Å². The zero-order chi connectivity index (χ0) is 15.5. The second kappa shape index (κ2) is 6.07. The molecule has 0 unspecified atom stereocenters. The Morgan fingerprint density at radius 1 is 1.09 bits per heavy atom. The highest BCUT2D eigenvalue weighted by Gasteiger charge is 2.15. The Hall–Kier alpha value is -2.53. The normalized spacial score (nSPS) is 11.3. The molecule has 1 heterocycles. The first kappa shape index (κ1) is 14.4. The molecule has 0 atom stereocenters. The van der Waals surface area contributed by atoms with Crippen molar-refractivity contribution in [2.24, 2.45) is 10.2 Å². The van der Waals surface area contributed by atoms with Crippen LogP contribution in [0.15, 0.2) is 64.8 Å². The van der Waals surface area contributed by atoms with Crippen molar-refractivity contribution in [1.82, 2.24) is 4.57 Å². The molecule has 1 N–H and O–H groups in total. The van der Waals surface area contributed by atoms with Crippen LogP contribution < -0.4 is 0 Å². The Balaban J connectivity index is 2.02. The molecule has 0 aliphatic heterocycles. The van der Waals surface area contributed by atoms with Crippen molar-refractivity contribution < 1.29 is 5.11 Å². The van der Waals surface area contributed by atoms with Crippen LogP contribution in [-0.2, 0) is 6.54 Å². The third kappa shape index (κ3) is 2.51. The number of aryl methyl sites for hydroxylation is 1.